The van der Waals surface area contributed by atoms with Crippen molar-refractivity contribution in [3.63, 3.8) is 0 Å². The second kappa shape index (κ2) is 6.88. The molecule has 0 aliphatic carbocycles. The monoisotopic (exact) mass is 251 g/mol. The molecule has 0 unspecified atom stereocenters. The highest BCUT2D eigenvalue weighted by Gasteiger charge is 2.20. The van der Waals surface area contributed by atoms with E-state index in [1.54, 1.807) is 6.92 Å². The molecule has 0 aliphatic rings. The highest BCUT2D eigenvalue weighted by molar-refractivity contribution is 5.23. The van der Waals surface area contributed by atoms with E-state index in [0.29, 0.717) is 12.5 Å². The van der Waals surface area contributed by atoms with E-state index < -0.39 is 5.54 Å². The van der Waals surface area contributed by atoms with Crippen molar-refractivity contribution in [2.45, 2.75) is 39.3 Å². The molecule has 0 amide bonds. The third-order valence-electron chi connectivity index (χ3n) is 3.08. The van der Waals surface area contributed by atoms with Crippen molar-refractivity contribution in [3.05, 3.63) is 35.4 Å². The van der Waals surface area contributed by atoms with Crippen molar-refractivity contribution in [1.29, 1.82) is 0 Å². The first-order chi connectivity index (χ1) is 8.49. The lowest BCUT2D eigenvalue weighted by atomic mass is 10.0. The van der Waals surface area contributed by atoms with Gasteiger partial charge in [-0.05, 0) is 30.4 Å². The summed E-state index contributed by atoms with van der Waals surface area (Å²) in [4.78, 5) is 0. The second-order valence-corrected chi connectivity index (χ2v) is 5.64. The summed E-state index contributed by atoms with van der Waals surface area (Å²) >= 11 is 0. The summed E-state index contributed by atoms with van der Waals surface area (Å²) in [6.07, 6.45) is 1.10. The summed E-state index contributed by atoms with van der Waals surface area (Å²) in [5.41, 5.74) is 1.90. The van der Waals surface area contributed by atoms with E-state index in [4.69, 9.17) is 0 Å². The largest absolute Gasteiger partial charge is 0.394 e. The first-order valence-corrected chi connectivity index (χ1v) is 6.53. The summed E-state index contributed by atoms with van der Waals surface area (Å²) < 4.78 is 0. The van der Waals surface area contributed by atoms with Gasteiger partial charge in [0, 0.05) is 6.54 Å². The van der Waals surface area contributed by atoms with Crippen LogP contribution in [0.5, 0.6) is 0 Å². The van der Waals surface area contributed by atoms with Crippen molar-refractivity contribution in [3.8, 4) is 0 Å². The second-order valence-electron chi connectivity index (χ2n) is 5.64. The smallest absolute Gasteiger partial charge is 0.0633 e. The van der Waals surface area contributed by atoms with E-state index >= 15 is 0 Å². The fourth-order valence-corrected chi connectivity index (χ4v) is 1.74. The highest BCUT2D eigenvalue weighted by Crippen LogP contribution is 2.11. The molecule has 102 valence electrons. The van der Waals surface area contributed by atoms with Gasteiger partial charge in [-0.1, -0.05) is 38.1 Å². The van der Waals surface area contributed by atoms with Crippen molar-refractivity contribution in [2.24, 2.45) is 5.92 Å². The van der Waals surface area contributed by atoms with Gasteiger partial charge in [0.25, 0.3) is 0 Å². The van der Waals surface area contributed by atoms with Gasteiger partial charge in [-0.15, -0.1) is 0 Å². The molecule has 0 saturated carbocycles. The number of aliphatic hydroxyl groups is 2. The first kappa shape index (κ1) is 15.2. The number of hydrogen-bond acceptors (Lipinski definition) is 3. The van der Waals surface area contributed by atoms with Crippen LogP contribution in [-0.4, -0.2) is 29.0 Å². The molecule has 3 N–H and O–H groups in total. The van der Waals surface area contributed by atoms with E-state index in [2.05, 4.69) is 43.4 Å². The Bertz CT molecular complexity index is 342. The maximum Gasteiger partial charge on any atom is 0.0633 e. The normalized spacial score (nSPS) is 12.1. The average molecular weight is 251 g/mol. The van der Waals surface area contributed by atoms with Gasteiger partial charge < -0.3 is 15.5 Å². The van der Waals surface area contributed by atoms with E-state index in [1.165, 1.54) is 5.56 Å². The Balaban J connectivity index is 2.53. The van der Waals surface area contributed by atoms with Gasteiger partial charge in [0.1, 0.15) is 0 Å². The fourth-order valence-electron chi connectivity index (χ4n) is 1.74. The van der Waals surface area contributed by atoms with E-state index in [9.17, 15) is 10.2 Å². The van der Waals surface area contributed by atoms with Crippen LogP contribution in [0.25, 0.3) is 0 Å². The lowest BCUT2D eigenvalue weighted by molar-refractivity contribution is 0.103. The molecule has 0 bridgehead atoms. The van der Waals surface area contributed by atoms with Gasteiger partial charge in [0.2, 0.25) is 0 Å². The van der Waals surface area contributed by atoms with Crippen molar-refractivity contribution < 1.29 is 10.2 Å². The third kappa shape index (κ3) is 4.77. The van der Waals surface area contributed by atoms with Crippen molar-refractivity contribution in [1.82, 2.24) is 5.32 Å². The van der Waals surface area contributed by atoms with Crippen molar-refractivity contribution >= 4 is 0 Å². The standard InChI is InChI=1S/C15H25NO2/c1-12(2)8-13-4-6-14(7-5-13)9-16-15(3,10-17)11-18/h4-7,12,16-18H,8-11H2,1-3H3. The van der Waals surface area contributed by atoms with Crippen LogP contribution in [0.4, 0.5) is 0 Å². The molecule has 1 aromatic rings. The predicted octanol–water partition coefficient (Wildman–Crippen LogP) is 1.72. The van der Waals surface area contributed by atoms with Crippen LogP contribution in [0.15, 0.2) is 24.3 Å². The van der Waals surface area contributed by atoms with Crippen LogP contribution in [0.2, 0.25) is 0 Å². The van der Waals surface area contributed by atoms with Gasteiger partial charge in [-0.3, -0.25) is 0 Å². The van der Waals surface area contributed by atoms with Gasteiger partial charge >= 0.3 is 0 Å². The maximum atomic E-state index is 9.18. The fraction of sp³-hybridized carbons (Fsp3) is 0.600. The Morgan fingerprint density at radius 2 is 1.56 bits per heavy atom. The number of benzene rings is 1. The Labute approximate surface area is 110 Å². The molecule has 18 heavy (non-hydrogen) atoms. The molecule has 0 saturated heterocycles. The van der Waals surface area contributed by atoms with Crippen LogP contribution in [-0.2, 0) is 13.0 Å². The summed E-state index contributed by atoms with van der Waals surface area (Å²) in [6.45, 7) is 6.73. The predicted molar refractivity (Wildman–Crippen MR) is 74.4 cm³/mol. The minimum Gasteiger partial charge on any atom is -0.394 e. The zero-order valence-corrected chi connectivity index (χ0v) is 11.6. The molecule has 0 aliphatic heterocycles. The number of hydrogen-bond donors (Lipinski definition) is 3. The minimum atomic E-state index is -0.614. The molecule has 0 heterocycles. The SMILES string of the molecule is CC(C)Cc1ccc(CNC(C)(CO)CO)cc1. The molecule has 0 radical (unpaired) electrons. The molecule has 0 aromatic heterocycles. The molecule has 0 fully saturated rings. The maximum absolute atomic E-state index is 9.18. The molecule has 1 aromatic carbocycles. The summed E-state index contributed by atoms with van der Waals surface area (Å²) in [5.74, 6) is 0.668. The topological polar surface area (TPSA) is 52.5 Å². The summed E-state index contributed by atoms with van der Waals surface area (Å²) in [5, 5.41) is 21.5. The van der Waals surface area contributed by atoms with Crippen LogP contribution in [0.1, 0.15) is 31.9 Å². The van der Waals surface area contributed by atoms with E-state index in [0.717, 1.165) is 12.0 Å². The van der Waals surface area contributed by atoms with Gasteiger partial charge in [0.15, 0.2) is 0 Å². The van der Waals surface area contributed by atoms with Crippen LogP contribution >= 0.6 is 0 Å². The number of aliphatic hydroxyl groups excluding tert-OH is 2. The van der Waals surface area contributed by atoms with Crippen molar-refractivity contribution in [2.75, 3.05) is 13.2 Å². The number of nitrogens with one attached hydrogen (secondary N) is 1. The molecule has 3 nitrogen and oxygen atoms in total. The zero-order valence-electron chi connectivity index (χ0n) is 11.6. The number of rotatable bonds is 7. The van der Waals surface area contributed by atoms with Gasteiger partial charge in [-0.2, -0.15) is 0 Å². The van der Waals surface area contributed by atoms with E-state index in [-0.39, 0.29) is 13.2 Å². The average Bonchev–Trinajstić information content (AvgIpc) is 2.37. The van der Waals surface area contributed by atoms with Crippen LogP contribution in [0.3, 0.4) is 0 Å². The summed E-state index contributed by atoms with van der Waals surface area (Å²) in [7, 11) is 0. The third-order valence-corrected chi connectivity index (χ3v) is 3.08. The van der Waals surface area contributed by atoms with Gasteiger partial charge in [-0.25, -0.2) is 0 Å². The lowest BCUT2D eigenvalue weighted by Crippen LogP contribution is -2.48. The highest BCUT2D eigenvalue weighted by atomic mass is 16.3. The van der Waals surface area contributed by atoms with Crippen LogP contribution < -0.4 is 5.32 Å². The van der Waals surface area contributed by atoms with E-state index in [1.807, 2.05) is 0 Å². The lowest BCUT2D eigenvalue weighted by Gasteiger charge is -2.26. The molecule has 0 spiro atoms. The molecule has 3 heteroatoms. The zero-order chi connectivity index (χ0) is 13.6. The summed E-state index contributed by atoms with van der Waals surface area (Å²) in [6, 6.07) is 8.48. The Morgan fingerprint density at radius 3 is 2.00 bits per heavy atom. The Morgan fingerprint density at radius 1 is 1.06 bits per heavy atom. The first-order valence-electron chi connectivity index (χ1n) is 6.53. The molecule has 0 atom stereocenters. The minimum absolute atomic E-state index is 0.0745. The van der Waals surface area contributed by atoms with Crippen LogP contribution in [0, 0.1) is 5.92 Å². The molecular formula is C15H25NO2. The quantitative estimate of drug-likeness (QED) is 0.691. The Kier molecular flexibility index (Phi) is 5.79. The molecular weight excluding hydrogens is 226 g/mol. The molecule has 1 rings (SSSR count). The Hall–Kier alpha value is -0.900. The van der Waals surface area contributed by atoms with Gasteiger partial charge in [0.05, 0.1) is 18.8 Å².